The first kappa shape index (κ1) is 23.7. The van der Waals surface area contributed by atoms with E-state index in [2.05, 4.69) is 15.8 Å². The second-order valence-corrected chi connectivity index (χ2v) is 6.88. The summed E-state index contributed by atoms with van der Waals surface area (Å²) in [4.78, 5) is 36.1. The molecule has 9 nitrogen and oxygen atoms in total. The van der Waals surface area contributed by atoms with E-state index in [9.17, 15) is 14.4 Å². The van der Waals surface area contributed by atoms with Gasteiger partial charge in [0.1, 0.15) is 11.5 Å². The molecule has 3 aromatic carbocycles. The van der Waals surface area contributed by atoms with E-state index in [4.69, 9.17) is 14.7 Å². The van der Waals surface area contributed by atoms with Gasteiger partial charge >= 0.3 is 17.8 Å². The number of anilines is 1. The van der Waals surface area contributed by atoms with E-state index >= 15 is 0 Å². The number of rotatable bonds is 7. The van der Waals surface area contributed by atoms with E-state index in [0.717, 1.165) is 5.56 Å². The summed E-state index contributed by atoms with van der Waals surface area (Å²) in [6.45, 7) is 0. The average molecular weight is 456 g/mol. The van der Waals surface area contributed by atoms with E-state index in [1.165, 1.54) is 13.3 Å². The lowest BCUT2D eigenvalue weighted by molar-refractivity contribution is -0.136. The van der Waals surface area contributed by atoms with E-state index in [-0.39, 0.29) is 6.42 Å². The van der Waals surface area contributed by atoms with Gasteiger partial charge in [0.15, 0.2) is 0 Å². The van der Waals surface area contributed by atoms with Crippen molar-refractivity contribution in [2.24, 2.45) is 5.10 Å². The fourth-order valence-electron chi connectivity index (χ4n) is 2.74. The molecule has 0 heterocycles. The van der Waals surface area contributed by atoms with Crippen molar-refractivity contribution in [1.29, 1.82) is 5.26 Å². The first-order valence-corrected chi connectivity index (χ1v) is 10.0. The molecule has 0 atom stereocenters. The monoisotopic (exact) mass is 456 g/mol. The molecule has 0 aliphatic heterocycles. The van der Waals surface area contributed by atoms with Gasteiger partial charge in [0.05, 0.1) is 31.4 Å². The Morgan fingerprint density at radius 2 is 1.71 bits per heavy atom. The minimum atomic E-state index is -0.943. The van der Waals surface area contributed by atoms with Crippen LogP contribution in [0.15, 0.2) is 77.9 Å². The van der Waals surface area contributed by atoms with Crippen LogP contribution in [-0.4, -0.2) is 31.1 Å². The number of carbonyl (C=O) groups excluding carboxylic acids is 3. The van der Waals surface area contributed by atoms with Crippen molar-refractivity contribution < 1.29 is 23.9 Å². The normalized spacial score (nSPS) is 10.2. The summed E-state index contributed by atoms with van der Waals surface area (Å²) < 4.78 is 10.4. The van der Waals surface area contributed by atoms with Crippen molar-refractivity contribution in [1.82, 2.24) is 5.43 Å². The van der Waals surface area contributed by atoms with Crippen molar-refractivity contribution >= 4 is 29.7 Å². The molecule has 0 aliphatic rings. The number of hydrogen-bond acceptors (Lipinski definition) is 7. The predicted molar refractivity (Wildman–Crippen MR) is 125 cm³/mol. The molecule has 0 aromatic heterocycles. The molecule has 0 saturated carbocycles. The summed E-state index contributed by atoms with van der Waals surface area (Å²) in [5.74, 6) is -1.48. The Balaban J connectivity index is 1.49. The van der Waals surface area contributed by atoms with Gasteiger partial charge in [-0.1, -0.05) is 18.2 Å². The Morgan fingerprint density at radius 1 is 0.971 bits per heavy atom. The molecule has 2 amide bonds. The Bertz CT molecular complexity index is 1250. The van der Waals surface area contributed by atoms with Crippen LogP contribution in [0.25, 0.3) is 0 Å². The van der Waals surface area contributed by atoms with Crippen molar-refractivity contribution in [3.63, 3.8) is 0 Å². The van der Waals surface area contributed by atoms with Gasteiger partial charge in [0.25, 0.3) is 0 Å². The minimum Gasteiger partial charge on any atom is -0.497 e. The topological polar surface area (TPSA) is 130 Å². The molecule has 3 rings (SSSR count). The molecule has 0 saturated heterocycles. The fourth-order valence-corrected chi connectivity index (χ4v) is 2.74. The van der Waals surface area contributed by atoms with Crippen LogP contribution in [0.1, 0.15) is 21.5 Å². The largest absolute Gasteiger partial charge is 0.497 e. The Kier molecular flexibility index (Phi) is 8.08. The average Bonchev–Trinajstić information content (AvgIpc) is 2.86. The van der Waals surface area contributed by atoms with Crippen LogP contribution in [0.5, 0.6) is 11.5 Å². The highest BCUT2D eigenvalue weighted by molar-refractivity contribution is 6.39. The van der Waals surface area contributed by atoms with Gasteiger partial charge in [-0.15, -0.1) is 0 Å². The maximum absolute atomic E-state index is 12.3. The number of amides is 2. The summed E-state index contributed by atoms with van der Waals surface area (Å²) >= 11 is 0. The number of ether oxygens (including phenoxy) is 2. The zero-order valence-corrected chi connectivity index (χ0v) is 18.1. The number of nitriles is 1. The molecule has 0 fully saturated rings. The third kappa shape index (κ3) is 6.77. The molecular weight excluding hydrogens is 436 g/mol. The smallest absolute Gasteiger partial charge is 0.343 e. The maximum atomic E-state index is 12.3. The first-order valence-electron chi connectivity index (χ1n) is 10.0. The zero-order chi connectivity index (χ0) is 24.3. The number of esters is 1. The second-order valence-electron chi connectivity index (χ2n) is 6.88. The summed E-state index contributed by atoms with van der Waals surface area (Å²) in [6.07, 6.45) is 1.60. The van der Waals surface area contributed by atoms with Gasteiger partial charge in [0.2, 0.25) is 0 Å². The lowest BCUT2D eigenvalue weighted by atomic mass is 10.1. The van der Waals surface area contributed by atoms with Gasteiger partial charge in [-0.3, -0.25) is 9.59 Å². The van der Waals surface area contributed by atoms with Crippen LogP contribution in [0.3, 0.4) is 0 Å². The van der Waals surface area contributed by atoms with Gasteiger partial charge in [-0.25, -0.2) is 10.2 Å². The zero-order valence-electron chi connectivity index (χ0n) is 18.1. The maximum Gasteiger partial charge on any atom is 0.343 e. The van der Waals surface area contributed by atoms with Gasteiger partial charge in [-0.2, -0.15) is 10.4 Å². The second kappa shape index (κ2) is 11.6. The summed E-state index contributed by atoms with van der Waals surface area (Å²) in [5.41, 5.74) is 4.32. The predicted octanol–water partition coefficient (Wildman–Crippen LogP) is 3.07. The Morgan fingerprint density at radius 3 is 2.38 bits per heavy atom. The molecule has 0 unspecified atom stereocenters. The van der Waals surface area contributed by atoms with Crippen LogP contribution in [0.2, 0.25) is 0 Å². The van der Waals surface area contributed by atoms with Crippen molar-refractivity contribution in [2.75, 3.05) is 12.4 Å². The minimum absolute atomic E-state index is 0.259. The fraction of sp³-hybridized carbons (Fsp3) is 0.0800. The summed E-state index contributed by atoms with van der Waals surface area (Å²) in [7, 11) is 1.51. The molecule has 0 radical (unpaired) electrons. The van der Waals surface area contributed by atoms with Crippen LogP contribution in [-0.2, 0) is 16.0 Å². The van der Waals surface area contributed by atoms with E-state index in [1.807, 2.05) is 6.07 Å². The van der Waals surface area contributed by atoms with Crippen molar-refractivity contribution in [3.8, 4) is 17.6 Å². The number of benzene rings is 3. The van der Waals surface area contributed by atoms with Crippen LogP contribution >= 0.6 is 0 Å². The Labute approximate surface area is 195 Å². The van der Waals surface area contributed by atoms with Crippen LogP contribution < -0.4 is 20.2 Å². The van der Waals surface area contributed by atoms with Crippen LogP contribution in [0.4, 0.5) is 5.69 Å². The molecule has 2 N–H and O–H groups in total. The lowest BCUT2D eigenvalue weighted by Crippen LogP contribution is -2.32. The summed E-state index contributed by atoms with van der Waals surface area (Å²) in [5, 5.41) is 14.9. The number of hydrogen-bond donors (Lipinski definition) is 2. The highest BCUT2D eigenvalue weighted by Gasteiger charge is 2.13. The van der Waals surface area contributed by atoms with Gasteiger partial charge in [-0.05, 0) is 65.7 Å². The van der Waals surface area contributed by atoms with Gasteiger partial charge in [0, 0.05) is 5.69 Å². The van der Waals surface area contributed by atoms with E-state index < -0.39 is 17.8 Å². The summed E-state index contributed by atoms with van der Waals surface area (Å²) in [6, 6.07) is 21.6. The molecular formula is C25H20N4O5. The number of carbonyl (C=O) groups is 3. The molecule has 34 heavy (non-hydrogen) atoms. The molecule has 0 aliphatic carbocycles. The quantitative estimate of drug-likeness (QED) is 0.185. The molecule has 0 bridgehead atoms. The third-order valence-electron chi connectivity index (χ3n) is 4.48. The van der Waals surface area contributed by atoms with Crippen molar-refractivity contribution in [3.05, 3.63) is 89.5 Å². The van der Waals surface area contributed by atoms with E-state index in [1.54, 1.807) is 72.8 Å². The number of hydrazone groups is 1. The highest BCUT2D eigenvalue weighted by Crippen LogP contribution is 2.17. The number of methoxy groups -OCH3 is 1. The number of nitrogens with zero attached hydrogens (tertiary/aromatic N) is 2. The SMILES string of the molecule is COc1cccc(C(=O)Oc2ccc(/C=N/NC(=O)C(=O)Nc3ccc(CC#N)cc3)cc2)c1. The van der Waals surface area contributed by atoms with E-state index in [0.29, 0.717) is 28.3 Å². The van der Waals surface area contributed by atoms with Crippen molar-refractivity contribution in [2.45, 2.75) is 6.42 Å². The van der Waals surface area contributed by atoms with Gasteiger partial charge < -0.3 is 14.8 Å². The first-order chi connectivity index (χ1) is 16.5. The standard InChI is InChI=1S/C25H20N4O5/c1-33-22-4-2-3-19(15-22)25(32)34-21-11-7-18(8-12-21)16-27-29-24(31)23(30)28-20-9-5-17(6-10-20)13-14-26/h2-12,15-16H,13H2,1H3,(H,28,30)(H,29,31)/b27-16+. The van der Waals surface area contributed by atoms with Crippen LogP contribution in [0, 0.1) is 11.3 Å². The lowest BCUT2D eigenvalue weighted by Gasteiger charge is -2.06. The molecule has 0 spiro atoms. The third-order valence-corrected chi connectivity index (χ3v) is 4.48. The molecule has 9 heteroatoms. The number of nitrogens with one attached hydrogen (secondary N) is 2. The highest BCUT2D eigenvalue weighted by atomic mass is 16.5. The molecule has 3 aromatic rings. The Hall–Kier alpha value is -4.97. The molecule has 170 valence electrons.